The zero-order valence-electron chi connectivity index (χ0n) is 16.7. The maximum absolute atomic E-state index is 14.6. The summed E-state index contributed by atoms with van der Waals surface area (Å²) in [5.41, 5.74) is -1.22. The molecule has 1 aliphatic heterocycles. The second kappa shape index (κ2) is 7.09. The van der Waals surface area contributed by atoms with Crippen LogP contribution in [0.5, 0.6) is 0 Å². The highest BCUT2D eigenvalue weighted by atomic mass is 32.2. The van der Waals surface area contributed by atoms with Crippen molar-refractivity contribution in [3.05, 3.63) is 0 Å². The molecular weight excluding hydrogens is 362 g/mol. The van der Waals surface area contributed by atoms with Crippen LogP contribution in [0.4, 0.5) is 13.6 Å². The Morgan fingerprint density at radius 2 is 1.65 bits per heavy atom. The number of ether oxygens (including phenoxy) is 1. The summed E-state index contributed by atoms with van der Waals surface area (Å²) in [6.45, 7) is 11.5. The second-order valence-electron chi connectivity index (χ2n) is 9.52. The second-order valence-corrected chi connectivity index (χ2v) is 11.5. The van der Waals surface area contributed by atoms with Gasteiger partial charge in [-0.05, 0) is 66.2 Å². The molecule has 0 aromatic rings. The zero-order valence-corrected chi connectivity index (χ0v) is 17.5. The fourth-order valence-electron chi connectivity index (χ4n) is 3.65. The Labute approximate surface area is 158 Å². The van der Waals surface area contributed by atoms with Crippen molar-refractivity contribution < 1.29 is 22.9 Å². The molecule has 2 fully saturated rings. The molecule has 0 unspecified atom stereocenters. The van der Waals surface area contributed by atoms with Gasteiger partial charge in [0.1, 0.15) is 16.4 Å². The molecule has 0 radical (unpaired) electrons. The Balaban J connectivity index is 2.08. The van der Waals surface area contributed by atoms with Gasteiger partial charge in [-0.2, -0.15) is 0 Å². The highest BCUT2D eigenvalue weighted by Gasteiger charge is 2.61. The normalized spacial score (nSPS) is 26.8. The number of nitrogens with zero attached hydrogens (tertiary/aromatic N) is 1. The minimum absolute atomic E-state index is 0.210. The van der Waals surface area contributed by atoms with Crippen LogP contribution in [0.2, 0.25) is 0 Å². The molecule has 0 bridgehead atoms. The van der Waals surface area contributed by atoms with E-state index in [0.29, 0.717) is 32.4 Å². The van der Waals surface area contributed by atoms with Crippen LogP contribution in [0.3, 0.4) is 0 Å². The lowest BCUT2D eigenvalue weighted by atomic mass is 9.74. The Morgan fingerprint density at radius 3 is 2.12 bits per heavy atom. The quantitative estimate of drug-likeness (QED) is 0.723. The van der Waals surface area contributed by atoms with Gasteiger partial charge in [-0.1, -0.05) is 0 Å². The summed E-state index contributed by atoms with van der Waals surface area (Å²) < 4.78 is 49.1. The first kappa shape index (κ1) is 21.7. The third-order valence-electron chi connectivity index (χ3n) is 5.18. The number of hydrogen-bond acceptors (Lipinski definition) is 4. The summed E-state index contributed by atoms with van der Waals surface area (Å²) in [5, 5.41) is 0. The van der Waals surface area contributed by atoms with Crippen molar-refractivity contribution in [2.75, 3.05) is 13.1 Å². The molecule has 1 N–H and O–H groups in total. The molecule has 1 saturated heterocycles. The van der Waals surface area contributed by atoms with E-state index in [1.54, 1.807) is 46.4 Å². The molecule has 1 heterocycles. The first-order valence-electron chi connectivity index (χ1n) is 9.20. The third kappa shape index (κ3) is 4.81. The van der Waals surface area contributed by atoms with E-state index >= 15 is 0 Å². The molecule has 1 aliphatic carbocycles. The zero-order chi connectivity index (χ0) is 20.0. The van der Waals surface area contributed by atoms with Crippen LogP contribution in [0, 0.1) is 5.41 Å². The Morgan fingerprint density at radius 1 is 1.12 bits per heavy atom. The fourth-order valence-corrected chi connectivity index (χ4v) is 4.64. The van der Waals surface area contributed by atoms with Gasteiger partial charge in [0.2, 0.25) is 0 Å². The van der Waals surface area contributed by atoms with Gasteiger partial charge < -0.3 is 14.2 Å². The summed E-state index contributed by atoms with van der Waals surface area (Å²) in [6, 6.07) is -1.13. The highest BCUT2D eigenvalue weighted by Crippen LogP contribution is 2.53. The number of rotatable bonds is 2. The van der Waals surface area contributed by atoms with E-state index in [-0.39, 0.29) is 6.42 Å². The largest absolute Gasteiger partial charge is 0.598 e. The van der Waals surface area contributed by atoms with Crippen LogP contribution in [0.15, 0.2) is 0 Å². The van der Waals surface area contributed by atoms with Crippen molar-refractivity contribution in [2.45, 2.75) is 89.5 Å². The van der Waals surface area contributed by atoms with Gasteiger partial charge in [-0.15, -0.1) is 4.72 Å². The van der Waals surface area contributed by atoms with Crippen molar-refractivity contribution >= 4 is 17.5 Å². The molecule has 0 aromatic carbocycles. The molecule has 152 valence electrons. The summed E-state index contributed by atoms with van der Waals surface area (Å²) in [7, 11) is 0. The van der Waals surface area contributed by atoms with Gasteiger partial charge in [-0.3, -0.25) is 0 Å². The highest BCUT2D eigenvalue weighted by molar-refractivity contribution is 7.90. The molecule has 2 atom stereocenters. The number of piperidine rings is 1. The molecule has 26 heavy (non-hydrogen) atoms. The van der Waals surface area contributed by atoms with E-state index in [1.165, 1.54) is 0 Å². The number of halogens is 2. The minimum Gasteiger partial charge on any atom is -0.598 e. The van der Waals surface area contributed by atoms with Gasteiger partial charge in [0.15, 0.2) is 0 Å². The predicted molar refractivity (Wildman–Crippen MR) is 98.5 cm³/mol. The lowest BCUT2D eigenvalue weighted by Crippen LogP contribution is -2.58. The number of alkyl halides is 2. The van der Waals surface area contributed by atoms with Crippen molar-refractivity contribution in [1.29, 1.82) is 0 Å². The number of carbonyl (C=O) groups is 1. The fraction of sp³-hybridized carbons (Fsp3) is 0.944. The maximum atomic E-state index is 14.6. The predicted octanol–water partition coefficient (Wildman–Crippen LogP) is 3.85. The van der Waals surface area contributed by atoms with E-state index in [2.05, 4.69) is 4.72 Å². The van der Waals surface area contributed by atoms with E-state index < -0.39 is 45.2 Å². The van der Waals surface area contributed by atoms with Crippen LogP contribution in [0.25, 0.3) is 0 Å². The van der Waals surface area contributed by atoms with Gasteiger partial charge >= 0.3 is 6.09 Å². The van der Waals surface area contributed by atoms with Crippen molar-refractivity contribution in [1.82, 2.24) is 9.62 Å². The van der Waals surface area contributed by atoms with Crippen molar-refractivity contribution in [3.63, 3.8) is 0 Å². The lowest BCUT2D eigenvalue weighted by Gasteiger charge is -2.44. The summed E-state index contributed by atoms with van der Waals surface area (Å²) in [6.07, 6.45) is 0.682. The molecule has 1 spiro atoms. The van der Waals surface area contributed by atoms with Gasteiger partial charge in [0, 0.05) is 30.9 Å². The average Bonchev–Trinajstić information content (AvgIpc) is 2.70. The first-order valence-corrected chi connectivity index (χ1v) is 10.4. The Bertz CT molecular complexity index is 524. The monoisotopic (exact) mass is 394 g/mol. The minimum atomic E-state index is -2.89. The number of carbonyl (C=O) groups excluding carboxylic acids is 1. The average molecular weight is 395 g/mol. The Kier molecular flexibility index (Phi) is 5.92. The topological polar surface area (TPSA) is 64.6 Å². The number of likely N-dealkylation sites (tertiary alicyclic amines) is 1. The summed E-state index contributed by atoms with van der Waals surface area (Å²) >= 11 is -1.57. The Hall–Kier alpha value is -0.600. The molecule has 0 aromatic heterocycles. The van der Waals surface area contributed by atoms with Gasteiger partial charge in [0.05, 0.1) is 0 Å². The van der Waals surface area contributed by atoms with Crippen LogP contribution >= 0.6 is 0 Å². The number of amides is 1. The van der Waals surface area contributed by atoms with Crippen molar-refractivity contribution in [3.8, 4) is 0 Å². The van der Waals surface area contributed by atoms with Crippen molar-refractivity contribution in [2.24, 2.45) is 5.41 Å². The van der Waals surface area contributed by atoms with Gasteiger partial charge in [0.25, 0.3) is 5.92 Å². The first-order chi connectivity index (χ1) is 11.7. The summed E-state index contributed by atoms with van der Waals surface area (Å²) in [4.78, 5) is 13.8. The van der Waals surface area contributed by atoms with Crippen LogP contribution in [0.1, 0.15) is 67.2 Å². The molecule has 1 amide bonds. The van der Waals surface area contributed by atoms with Crippen LogP contribution in [-0.2, 0) is 16.1 Å². The lowest BCUT2D eigenvalue weighted by molar-refractivity contribution is -0.0433. The van der Waals surface area contributed by atoms with Crippen LogP contribution in [-0.4, -0.2) is 50.9 Å². The molecule has 8 heteroatoms. The van der Waals surface area contributed by atoms with E-state index in [0.717, 1.165) is 0 Å². The van der Waals surface area contributed by atoms with Gasteiger partial charge in [-0.25, -0.2) is 13.6 Å². The summed E-state index contributed by atoms with van der Waals surface area (Å²) in [5.74, 6) is -2.89. The maximum Gasteiger partial charge on any atom is 0.410 e. The molecule has 1 saturated carbocycles. The number of hydrogen-bond donors (Lipinski definition) is 1. The van der Waals surface area contributed by atoms with Crippen LogP contribution < -0.4 is 4.72 Å². The van der Waals surface area contributed by atoms with E-state index in [1.807, 2.05) is 0 Å². The SMILES string of the molecule is CC(C)(C)OC(=O)N1CCC2(CC1)CCC(F)(F)[C@H]2N[S@+]([O-])C(C)(C)C. The molecular formula is C18H32F2N2O3S. The standard InChI is InChI=1S/C18H32F2N2O3S/c1-15(2,3)25-14(23)22-11-9-17(10-12-22)7-8-18(19,20)13(17)21-26(24)16(4,5)6/h13,21H,7-12H2,1-6H3/t13-,26+/m0/s1. The molecule has 2 rings (SSSR count). The molecule has 2 aliphatic rings. The number of nitrogens with one attached hydrogen (secondary N) is 1. The molecule has 5 nitrogen and oxygen atoms in total. The smallest absolute Gasteiger partial charge is 0.410 e. The third-order valence-corrected chi connectivity index (χ3v) is 6.75. The van der Waals surface area contributed by atoms with E-state index in [4.69, 9.17) is 4.74 Å². The van der Waals surface area contributed by atoms with E-state index in [9.17, 15) is 18.1 Å².